The second kappa shape index (κ2) is 8.37. The Labute approximate surface area is 159 Å². The van der Waals surface area contributed by atoms with Crippen molar-refractivity contribution in [2.45, 2.75) is 51.0 Å². The Morgan fingerprint density at radius 2 is 2.04 bits per heavy atom. The minimum atomic E-state index is -0.0165. The number of amides is 1. The average Bonchev–Trinajstić information content (AvgIpc) is 2.64. The third-order valence-electron chi connectivity index (χ3n) is 4.74. The van der Waals surface area contributed by atoms with Gasteiger partial charge in [-0.2, -0.15) is 5.26 Å². The van der Waals surface area contributed by atoms with Crippen LogP contribution in [0.25, 0.3) is 0 Å². The zero-order valence-corrected chi connectivity index (χ0v) is 16.1. The Hall–Kier alpha value is -2.32. The van der Waals surface area contributed by atoms with Crippen LogP contribution in [-0.2, 0) is 17.6 Å². The summed E-state index contributed by atoms with van der Waals surface area (Å²) in [5, 5.41) is 13.1. The summed E-state index contributed by atoms with van der Waals surface area (Å²) >= 11 is 1.49. The van der Waals surface area contributed by atoms with Gasteiger partial charge >= 0.3 is 0 Å². The Morgan fingerprint density at radius 3 is 2.81 bits per heavy atom. The quantitative estimate of drug-likeness (QED) is 0.788. The summed E-state index contributed by atoms with van der Waals surface area (Å²) in [6.07, 6.45) is 4.72. The molecule has 1 aliphatic carbocycles. The topological polar surface area (TPSA) is 65.8 Å². The van der Waals surface area contributed by atoms with Gasteiger partial charge in [0.2, 0.25) is 5.91 Å². The molecule has 0 unspecified atom stereocenters. The van der Waals surface area contributed by atoms with E-state index in [2.05, 4.69) is 18.3 Å². The van der Waals surface area contributed by atoms with Crippen LogP contribution in [0.4, 0.5) is 5.69 Å². The maximum Gasteiger partial charge on any atom is 0.225 e. The van der Waals surface area contributed by atoms with Crippen LogP contribution < -0.4 is 5.32 Å². The molecule has 3 rings (SSSR count). The van der Waals surface area contributed by atoms with Gasteiger partial charge in [-0.3, -0.25) is 4.79 Å². The van der Waals surface area contributed by atoms with E-state index >= 15 is 0 Å². The number of benzene rings is 1. The number of hydrogen-bond acceptors (Lipinski definition) is 4. The smallest absolute Gasteiger partial charge is 0.225 e. The van der Waals surface area contributed by atoms with E-state index in [1.807, 2.05) is 31.2 Å². The first kappa shape index (κ1) is 18.5. The van der Waals surface area contributed by atoms with Gasteiger partial charge in [0, 0.05) is 23.6 Å². The van der Waals surface area contributed by atoms with Crippen LogP contribution in [0.1, 0.15) is 47.2 Å². The van der Waals surface area contributed by atoms with Gasteiger partial charge in [0.05, 0.1) is 5.56 Å². The van der Waals surface area contributed by atoms with Crippen molar-refractivity contribution in [1.29, 1.82) is 5.26 Å². The molecule has 0 saturated heterocycles. The highest BCUT2D eigenvalue weighted by Gasteiger charge is 2.15. The summed E-state index contributed by atoms with van der Waals surface area (Å²) in [5.74, 6) is 0.592. The number of nitrogens with one attached hydrogen (secondary N) is 1. The molecule has 0 fully saturated rings. The molecule has 5 heteroatoms. The first-order valence-electron chi connectivity index (χ1n) is 8.99. The normalized spacial score (nSPS) is 13.0. The van der Waals surface area contributed by atoms with Gasteiger partial charge < -0.3 is 5.32 Å². The van der Waals surface area contributed by atoms with Gasteiger partial charge in [0.25, 0.3) is 0 Å². The lowest BCUT2D eigenvalue weighted by Gasteiger charge is -2.16. The second-order valence-electron chi connectivity index (χ2n) is 6.71. The first-order chi connectivity index (χ1) is 12.6. The molecule has 0 aliphatic heterocycles. The predicted octanol–water partition coefficient (Wildman–Crippen LogP) is 4.57. The highest BCUT2D eigenvalue weighted by Crippen LogP contribution is 2.27. The van der Waals surface area contributed by atoms with Crippen molar-refractivity contribution < 1.29 is 4.79 Å². The van der Waals surface area contributed by atoms with Crippen LogP contribution in [-0.4, -0.2) is 16.6 Å². The fraction of sp³-hybridized carbons (Fsp3) is 0.381. The number of pyridine rings is 1. The van der Waals surface area contributed by atoms with Crippen LogP contribution in [0.15, 0.2) is 29.3 Å². The zero-order valence-electron chi connectivity index (χ0n) is 15.3. The van der Waals surface area contributed by atoms with Gasteiger partial charge in [-0.15, -0.1) is 11.8 Å². The number of carbonyl (C=O) groups is 1. The van der Waals surface area contributed by atoms with E-state index in [1.54, 1.807) is 0 Å². The lowest BCUT2D eigenvalue weighted by molar-refractivity contribution is -0.115. The fourth-order valence-electron chi connectivity index (χ4n) is 3.09. The molecule has 0 saturated carbocycles. The number of hydrogen-bond donors (Lipinski definition) is 1. The molecule has 4 nitrogen and oxygen atoms in total. The van der Waals surface area contributed by atoms with E-state index in [-0.39, 0.29) is 5.91 Å². The van der Waals surface area contributed by atoms with Crippen molar-refractivity contribution in [1.82, 2.24) is 4.98 Å². The van der Waals surface area contributed by atoms with E-state index < -0.39 is 0 Å². The molecular formula is C21H23N3OS. The number of rotatable bonds is 5. The molecule has 1 heterocycles. The second-order valence-corrected chi connectivity index (χ2v) is 7.80. The molecule has 0 bridgehead atoms. The minimum Gasteiger partial charge on any atom is -0.326 e. The largest absolute Gasteiger partial charge is 0.326 e. The van der Waals surface area contributed by atoms with E-state index in [0.29, 0.717) is 17.7 Å². The van der Waals surface area contributed by atoms with Gasteiger partial charge in [-0.05, 0) is 74.4 Å². The van der Waals surface area contributed by atoms with E-state index in [4.69, 9.17) is 4.98 Å². The van der Waals surface area contributed by atoms with Crippen molar-refractivity contribution >= 4 is 23.4 Å². The lowest BCUT2D eigenvalue weighted by atomic mass is 9.95. The number of aromatic nitrogens is 1. The minimum absolute atomic E-state index is 0.0165. The number of thioether (sulfide) groups is 1. The number of fused-ring (bicyclic) bond motifs is 1. The molecule has 1 amide bonds. The van der Waals surface area contributed by atoms with Gasteiger partial charge in [0.15, 0.2) is 0 Å². The van der Waals surface area contributed by atoms with Crippen molar-refractivity contribution in [3.63, 3.8) is 0 Å². The molecular weight excluding hydrogens is 342 g/mol. The van der Waals surface area contributed by atoms with E-state index in [9.17, 15) is 10.1 Å². The lowest BCUT2D eigenvalue weighted by Crippen LogP contribution is -2.12. The van der Waals surface area contributed by atoms with Crippen LogP contribution in [0.5, 0.6) is 0 Å². The van der Waals surface area contributed by atoms with Gasteiger partial charge in [0.1, 0.15) is 11.1 Å². The SMILES string of the molecule is Cc1ccc(NC(=O)CCSc2nc3c(cc2C#N)CCCC3)cc1C. The Kier molecular flexibility index (Phi) is 5.95. The summed E-state index contributed by atoms with van der Waals surface area (Å²) in [6, 6.07) is 10.2. The van der Waals surface area contributed by atoms with Crippen LogP contribution in [0.3, 0.4) is 0 Å². The molecule has 134 valence electrons. The monoisotopic (exact) mass is 365 g/mol. The predicted molar refractivity (Wildman–Crippen MR) is 105 cm³/mol. The standard InChI is InChI=1S/C21H23N3OS/c1-14-7-8-18(11-15(14)2)23-20(25)9-10-26-21-17(13-22)12-16-5-3-4-6-19(16)24-21/h7-8,11-12H,3-6,9-10H2,1-2H3,(H,23,25). The fourth-order valence-corrected chi connectivity index (χ4v) is 4.00. The Bertz CT molecular complexity index is 870. The molecule has 0 spiro atoms. The van der Waals surface area contributed by atoms with Crippen molar-refractivity contribution in [2.24, 2.45) is 0 Å². The number of carbonyl (C=O) groups excluding carboxylic acids is 1. The van der Waals surface area contributed by atoms with Crippen LogP contribution >= 0.6 is 11.8 Å². The Balaban J connectivity index is 1.58. The number of aryl methyl sites for hydroxylation is 4. The molecule has 2 aromatic rings. The van der Waals surface area contributed by atoms with Crippen LogP contribution in [0, 0.1) is 25.2 Å². The molecule has 1 N–H and O–H groups in total. The highest BCUT2D eigenvalue weighted by atomic mass is 32.2. The van der Waals surface area contributed by atoms with Gasteiger partial charge in [-0.25, -0.2) is 4.98 Å². The summed E-state index contributed by atoms with van der Waals surface area (Å²) < 4.78 is 0. The summed E-state index contributed by atoms with van der Waals surface area (Å²) in [5.41, 5.74) is 6.16. The third-order valence-corrected chi connectivity index (χ3v) is 5.74. The molecule has 0 radical (unpaired) electrons. The average molecular weight is 366 g/mol. The molecule has 0 atom stereocenters. The van der Waals surface area contributed by atoms with Crippen molar-refractivity contribution in [3.8, 4) is 6.07 Å². The van der Waals surface area contributed by atoms with Crippen molar-refractivity contribution in [3.05, 3.63) is 52.2 Å². The summed E-state index contributed by atoms with van der Waals surface area (Å²) in [6.45, 7) is 4.09. The molecule has 26 heavy (non-hydrogen) atoms. The maximum atomic E-state index is 12.2. The summed E-state index contributed by atoms with van der Waals surface area (Å²) in [7, 11) is 0. The zero-order chi connectivity index (χ0) is 18.5. The molecule has 1 aromatic heterocycles. The van der Waals surface area contributed by atoms with Gasteiger partial charge in [-0.1, -0.05) is 6.07 Å². The summed E-state index contributed by atoms with van der Waals surface area (Å²) in [4.78, 5) is 16.9. The van der Waals surface area contributed by atoms with Crippen molar-refractivity contribution in [2.75, 3.05) is 11.1 Å². The first-order valence-corrected chi connectivity index (χ1v) is 9.98. The number of anilines is 1. The highest BCUT2D eigenvalue weighted by molar-refractivity contribution is 7.99. The Morgan fingerprint density at radius 1 is 1.23 bits per heavy atom. The number of nitriles is 1. The molecule has 1 aliphatic rings. The maximum absolute atomic E-state index is 12.2. The molecule has 1 aromatic carbocycles. The van der Waals surface area contributed by atoms with E-state index in [1.165, 1.54) is 29.3 Å². The van der Waals surface area contributed by atoms with Crippen LogP contribution in [0.2, 0.25) is 0 Å². The third kappa shape index (κ3) is 4.44. The van der Waals surface area contributed by atoms with E-state index in [0.717, 1.165) is 41.2 Å². The number of nitrogens with zero attached hydrogens (tertiary/aromatic N) is 2.